The lowest BCUT2D eigenvalue weighted by atomic mass is 10.1. The fraction of sp³-hybridized carbons (Fsp3) is 0.636. The molecular weight excluding hydrogens is 190 g/mol. The van der Waals surface area contributed by atoms with Crippen molar-refractivity contribution >= 4 is 5.82 Å². The first-order valence-electron chi connectivity index (χ1n) is 5.45. The lowest BCUT2D eigenvalue weighted by molar-refractivity contribution is 0.326. The summed E-state index contributed by atoms with van der Waals surface area (Å²) in [7, 11) is 0. The Morgan fingerprint density at radius 3 is 2.87 bits per heavy atom. The van der Waals surface area contributed by atoms with E-state index in [2.05, 4.69) is 29.1 Å². The molecule has 1 aromatic heterocycles. The Morgan fingerprint density at radius 2 is 2.20 bits per heavy atom. The van der Waals surface area contributed by atoms with Crippen molar-refractivity contribution in [2.45, 2.75) is 27.2 Å². The molecule has 1 unspecified atom stereocenters. The van der Waals surface area contributed by atoms with E-state index in [1.807, 2.05) is 13.0 Å². The van der Waals surface area contributed by atoms with E-state index in [1.54, 1.807) is 0 Å². The highest BCUT2D eigenvalue weighted by Crippen LogP contribution is 2.11. The van der Waals surface area contributed by atoms with Crippen molar-refractivity contribution in [3.8, 4) is 5.88 Å². The quantitative estimate of drug-likeness (QED) is 0.781. The Morgan fingerprint density at radius 1 is 1.40 bits per heavy atom. The van der Waals surface area contributed by atoms with Crippen molar-refractivity contribution in [2.75, 3.05) is 18.5 Å². The Hall–Kier alpha value is -1.32. The molecule has 0 fully saturated rings. The van der Waals surface area contributed by atoms with Crippen LogP contribution in [0.1, 0.15) is 27.2 Å². The van der Waals surface area contributed by atoms with Gasteiger partial charge in [0.2, 0.25) is 5.88 Å². The van der Waals surface area contributed by atoms with Crippen molar-refractivity contribution in [1.29, 1.82) is 0 Å². The zero-order valence-electron chi connectivity index (χ0n) is 9.66. The molecule has 1 N–H and O–H groups in total. The van der Waals surface area contributed by atoms with Gasteiger partial charge in [0.05, 0.1) is 6.61 Å². The van der Waals surface area contributed by atoms with Crippen LogP contribution >= 0.6 is 0 Å². The summed E-state index contributed by atoms with van der Waals surface area (Å²) in [5.41, 5.74) is 0. The monoisotopic (exact) mass is 209 g/mol. The van der Waals surface area contributed by atoms with Gasteiger partial charge in [-0.2, -0.15) is 0 Å². The van der Waals surface area contributed by atoms with Gasteiger partial charge in [-0.05, 0) is 12.8 Å². The second-order valence-corrected chi connectivity index (χ2v) is 3.57. The van der Waals surface area contributed by atoms with Crippen LogP contribution in [0.25, 0.3) is 0 Å². The Labute approximate surface area is 91.1 Å². The third kappa shape index (κ3) is 4.14. The summed E-state index contributed by atoms with van der Waals surface area (Å²) in [6.45, 7) is 7.88. The first-order chi connectivity index (χ1) is 7.26. The van der Waals surface area contributed by atoms with E-state index in [-0.39, 0.29) is 0 Å². The molecule has 1 rings (SSSR count). The highest BCUT2D eigenvalue weighted by Gasteiger charge is 2.01. The van der Waals surface area contributed by atoms with Crippen LogP contribution < -0.4 is 10.1 Å². The average molecular weight is 209 g/mol. The highest BCUT2D eigenvalue weighted by molar-refractivity contribution is 5.36. The maximum absolute atomic E-state index is 5.29. The van der Waals surface area contributed by atoms with E-state index in [4.69, 9.17) is 4.74 Å². The standard InChI is InChI=1S/C11H19N3O/c1-4-9(3)7-12-10-6-11(15-5-2)14-8-13-10/h6,8-9H,4-5,7H2,1-3H3,(H,12,13,14). The van der Waals surface area contributed by atoms with Gasteiger partial charge in [-0.25, -0.2) is 9.97 Å². The van der Waals surface area contributed by atoms with Crippen molar-refractivity contribution < 1.29 is 4.74 Å². The number of ether oxygens (including phenoxy) is 1. The number of hydrogen-bond acceptors (Lipinski definition) is 4. The van der Waals surface area contributed by atoms with E-state index < -0.39 is 0 Å². The zero-order chi connectivity index (χ0) is 11.1. The van der Waals surface area contributed by atoms with Crippen LogP contribution in [0.3, 0.4) is 0 Å². The molecule has 4 nitrogen and oxygen atoms in total. The van der Waals surface area contributed by atoms with Gasteiger partial charge in [-0.1, -0.05) is 20.3 Å². The fourth-order valence-electron chi connectivity index (χ4n) is 1.09. The molecule has 0 amide bonds. The number of anilines is 1. The van der Waals surface area contributed by atoms with Crippen LogP contribution in [0.2, 0.25) is 0 Å². The normalized spacial score (nSPS) is 12.2. The van der Waals surface area contributed by atoms with Gasteiger partial charge < -0.3 is 10.1 Å². The van der Waals surface area contributed by atoms with E-state index in [0.29, 0.717) is 18.4 Å². The SMILES string of the molecule is CCOc1cc(NCC(C)CC)ncn1. The number of rotatable bonds is 6. The van der Waals surface area contributed by atoms with Crippen LogP contribution in [0, 0.1) is 5.92 Å². The van der Waals surface area contributed by atoms with Gasteiger partial charge in [-0.3, -0.25) is 0 Å². The molecule has 0 radical (unpaired) electrons. The minimum atomic E-state index is 0.624. The molecule has 0 spiro atoms. The highest BCUT2D eigenvalue weighted by atomic mass is 16.5. The first kappa shape index (κ1) is 11.8. The first-order valence-corrected chi connectivity index (χ1v) is 5.45. The smallest absolute Gasteiger partial charge is 0.218 e. The summed E-state index contributed by atoms with van der Waals surface area (Å²) in [6, 6.07) is 1.83. The molecule has 0 aliphatic heterocycles. The summed E-state index contributed by atoms with van der Waals surface area (Å²) in [6.07, 6.45) is 2.68. The average Bonchev–Trinajstić information content (AvgIpc) is 2.27. The van der Waals surface area contributed by atoms with Crippen LogP contribution in [0.15, 0.2) is 12.4 Å². The van der Waals surface area contributed by atoms with Crippen molar-refractivity contribution in [2.24, 2.45) is 5.92 Å². The zero-order valence-corrected chi connectivity index (χ0v) is 9.66. The number of hydrogen-bond donors (Lipinski definition) is 1. The molecule has 84 valence electrons. The van der Waals surface area contributed by atoms with E-state index in [0.717, 1.165) is 18.8 Å². The molecule has 0 saturated heterocycles. The molecule has 1 atom stereocenters. The topological polar surface area (TPSA) is 47.0 Å². The number of nitrogens with one attached hydrogen (secondary N) is 1. The third-order valence-electron chi connectivity index (χ3n) is 2.26. The van der Waals surface area contributed by atoms with E-state index in [9.17, 15) is 0 Å². The van der Waals surface area contributed by atoms with Gasteiger partial charge in [0.1, 0.15) is 12.1 Å². The summed E-state index contributed by atoms with van der Waals surface area (Å²) in [5, 5.41) is 3.26. The Bertz CT molecular complexity index is 291. The summed E-state index contributed by atoms with van der Waals surface area (Å²) in [5.74, 6) is 2.10. The molecule has 1 heterocycles. The lowest BCUT2D eigenvalue weighted by Gasteiger charge is -2.10. The molecule has 0 aromatic carbocycles. The largest absolute Gasteiger partial charge is 0.478 e. The molecule has 15 heavy (non-hydrogen) atoms. The summed E-state index contributed by atoms with van der Waals surface area (Å²) >= 11 is 0. The van der Waals surface area contributed by atoms with Crippen LogP contribution in [0.5, 0.6) is 5.88 Å². The van der Waals surface area contributed by atoms with E-state index >= 15 is 0 Å². The van der Waals surface area contributed by atoms with E-state index in [1.165, 1.54) is 6.33 Å². The predicted molar refractivity (Wildman–Crippen MR) is 61.1 cm³/mol. The minimum absolute atomic E-state index is 0.624. The Balaban J connectivity index is 2.50. The maximum atomic E-state index is 5.29. The molecule has 1 aromatic rings. The predicted octanol–water partition coefficient (Wildman–Crippen LogP) is 2.33. The van der Waals surface area contributed by atoms with Gasteiger partial charge in [0.25, 0.3) is 0 Å². The third-order valence-corrected chi connectivity index (χ3v) is 2.26. The van der Waals surface area contributed by atoms with Gasteiger partial charge in [0, 0.05) is 12.6 Å². The van der Waals surface area contributed by atoms with Crippen LogP contribution in [0.4, 0.5) is 5.82 Å². The molecular formula is C11H19N3O. The van der Waals surface area contributed by atoms with Crippen LogP contribution in [-0.2, 0) is 0 Å². The number of nitrogens with zero attached hydrogens (tertiary/aromatic N) is 2. The minimum Gasteiger partial charge on any atom is -0.478 e. The molecule has 0 saturated carbocycles. The van der Waals surface area contributed by atoms with Crippen molar-refractivity contribution in [3.05, 3.63) is 12.4 Å². The Kier molecular flexibility index (Phi) is 4.87. The van der Waals surface area contributed by atoms with Crippen LogP contribution in [-0.4, -0.2) is 23.1 Å². The fourth-order valence-corrected chi connectivity index (χ4v) is 1.09. The molecule has 0 aliphatic carbocycles. The molecule has 0 bridgehead atoms. The second kappa shape index (κ2) is 6.22. The van der Waals surface area contributed by atoms with Gasteiger partial charge in [-0.15, -0.1) is 0 Å². The summed E-state index contributed by atoms with van der Waals surface area (Å²) < 4.78 is 5.29. The number of aromatic nitrogens is 2. The summed E-state index contributed by atoms with van der Waals surface area (Å²) in [4.78, 5) is 8.13. The van der Waals surface area contributed by atoms with Gasteiger partial charge in [0.15, 0.2) is 0 Å². The van der Waals surface area contributed by atoms with Crippen molar-refractivity contribution in [3.63, 3.8) is 0 Å². The molecule has 0 aliphatic rings. The second-order valence-electron chi connectivity index (χ2n) is 3.57. The van der Waals surface area contributed by atoms with Gasteiger partial charge >= 0.3 is 0 Å². The molecule has 4 heteroatoms. The maximum Gasteiger partial charge on any atom is 0.218 e. The lowest BCUT2D eigenvalue weighted by Crippen LogP contribution is -2.11. The van der Waals surface area contributed by atoms with Crippen molar-refractivity contribution in [1.82, 2.24) is 9.97 Å².